The standard InChI is InChI=1S/C21H23N3O4S/c1-4-28-21(27)17-12(3)23-11(2)16(17)14(25)9-24-10-22-19-18(20(24)26)13-7-5-6-8-15(13)29-19/h10,23H,4-9H2,1-3H3. The van der Waals surface area contributed by atoms with Crippen LogP contribution in [-0.4, -0.2) is 32.9 Å². The van der Waals surface area contributed by atoms with Crippen LogP contribution in [0.4, 0.5) is 0 Å². The quantitative estimate of drug-likeness (QED) is 0.511. The van der Waals surface area contributed by atoms with Gasteiger partial charge in [0, 0.05) is 16.3 Å². The molecular weight excluding hydrogens is 390 g/mol. The molecule has 1 aliphatic rings. The van der Waals surface area contributed by atoms with Gasteiger partial charge in [0.1, 0.15) is 4.83 Å². The van der Waals surface area contributed by atoms with Gasteiger partial charge >= 0.3 is 5.97 Å². The highest BCUT2D eigenvalue weighted by molar-refractivity contribution is 7.18. The Bertz CT molecular complexity index is 1180. The largest absolute Gasteiger partial charge is 0.462 e. The number of aromatic nitrogens is 3. The molecule has 0 saturated heterocycles. The van der Waals surface area contributed by atoms with Crippen molar-refractivity contribution in [2.45, 2.75) is 53.0 Å². The number of fused-ring (bicyclic) bond motifs is 3. The molecule has 0 bridgehead atoms. The van der Waals surface area contributed by atoms with Gasteiger partial charge in [0.25, 0.3) is 5.56 Å². The van der Waals surface area contributed by atoms with Crippen LogP contribution in [0.3, 0.4) is 0 Å². The van der Waals surface area contributed by atoms with Crippen LogP contribution in [0.5, 0.6) is 0 Å². The van der Waals surface area contributed by atoms with Crippen LogP contribution < -0.4 is 5.56 Å². The maximum atomic E-state index is 13.1. The van der Waals surface area contributed by atoms with Crippen molar-refractivity contribution in [3.63, 3.8) is 0 Å². The minimum Gasteiger partial charge on any atom is -0.462 e. The summed E-state index contributed by atoms with van der Waals surface area (Å²) < 4.78 is 6.46. The number of aryl methyl sites for hydroxylation is 4. The number of nitrogens with one attached hydrogen (secondary N) is 1. The normalized spacial score (nSPS) is 13.5. The minimum atomic E-state index is -0.537. The number of ether oxygens (including phenoxy) is 1. The number of rotatable bonds is 5. The molecule has 0 aliphatic heterocycles. The van der Waals surface area contributed by atoms with Crippen molar-refractivity contribution in [1.82, 2.24) is 14.5 Å². The lowest BCUT2D eigenvalue weighted by Gasteiger charge is -2.10. The summed E-state index contributed by atoms with van der Waals surface area (Å²) in [6.07, 6.45) is 5.50. The molecular formula is C21H23N3O4S. The Hall–Kier alpha value is -2.74. The molecule has 0 atom stereocenters. The second-order valence-electron chi connectivity index (χ2n) is 7.34. The molecule has 152 valence electrons. The van der Waals surface area contributed by atoms with Crippen molar-refractivity contribution >= 4 is 33.3 Å². The predicted molar refractivity (Wildman–Crippen MR) is 111 cm³/mol. The predicted octanol–water partition coefficient (Wildman–Crippen LogP) is 3.34. The van der Waals surface area contributed by atoms with Crippen LogP contribution in [0.15, 0.2) is 11.1 Å². The number of H-pyrrole nitrogens is 1. The van der Waals surface area contributed by atoms with Crippen LogP contribution >= 0.6 is 11.3 Å². The third-order valence-corrected chi connectivity index (χ3v) is 6.59. The van der Waals surface area contributed by atoms with Gasteiger partial charge in [0.15, 0.2) is 5.78 Å². The van der Waals surface area contributed by atoms with E-state index in [1.165, 1.54) is 15.8 Å². The Morgan fingerprint density at radius 1 is 1.21 bits per heavy atom. The smallest absolute Gasteiger partial charge is 0.340 e. The monoisotopic (exact) mass is 413 g/mol. The van der Waals surface area contributed by atoms with E-state index in [9.17, 15) is 14.4 Å². The molecule has 4 rings (SSSR count). The van der Waals surface area contributed by atoms with Gasteiger partial charge in [-0.3, -0.25) is 14.2 Å². The van der Waals surface area contributed by atoms with E-state index in [0.717, 1.165) is 36.1 Å². The van der Waals surface area contributed by atoms with Gasteiger partial charge in [0.2, 0.25) is 0 Å². The van der Waals surface area contributed by atoms with Gasteiger partial charge in [-0.15, -0.1) is 11.3 Å². The lowest BCUT2D eigenvalue weighted by atomic mass is 9.97. The zero-order valence-corrected chi connectivity index (χ0v) is 17.6. The zero-order chi connectivity index (χ0) is 20.7. The first kappa shape index (κ1) is 19.6. The highest BCUT2D eigenvalue weighted by Crippen LogP contribution is 2.33. The fourth-order valence-corrected chi connectivity index (χ4v) is 5.34. The molecule has 29 heavy (non-hydrogen) atoms. The van der Waals surface area contributed by atoms with Crippen LogP contribution in [-0.2, 0) is 24.1 Å². The first-order chi connectivity index (χ1) is 13.9. The Balaban J connectivity index is 1.73. The summed E-state index contributed by atoms with van der Waals surface area (Å²) in [4.78, 5) is 48.0. The van der Waals surface area contributed by atoms with Gasteiger partial charge < -0.3 is 9.72 Å². The minimum absolute atomic E-state index is 0.170. The van der Waals surface area contributed by atoms with Crippen LogP contribution in [0.2, 0.25) is 0 Å². The number of carbonyl (C=O) groups is 2. The van der Waals surface area contributed by atoms with Gasteiger partial charge in [-0.25, -0.2) is 9.78 Å². The number of hydrogen-bond donors (Lipinski definition) is 1. The molecule has 3 aromatic heterocycles. The molecule has 0 aromatic carbocycles. The SMILES string of the molecule is CCOC(=O)c1c(C)[nH]c(C)c1C(=O)Cn1cnc2sc3c(c2c1=O)CCCC3. The molecule has 3 heterocycles. The maximum absolute atomic E-state index is 13.1. The highest BCUT2D eigenvalue weighted by atomic mass is 32.1. The maximum Gasteiger partial charge on any atom is 0.340 e. The summed E-state index contributed by atoms with van der Waals surface area (Å²) in [6.45, 7) is 5.24. The third-order valence-electron chi connectivity index (χ3n) is 5.39. The Labute approximate surface area is 171 Å². The molecule has 8 heteroatoms. The van der Waals surface area contributed by atoms with Gasteiger partial charge in [-0.1, -0.05) is 0 Å². The lowest BCUT2D eigenvalue weighted by Crippen LogP contribution is -2.26. The zero-order valence-electron chi connectivity index (χ0n) is 16.8. The number of esters is 1. The molecule has 0 unspecified atom stereocenters. The number of Topliss-reactive ketones (excluding diaryl/α,β-unsaturated/α-hetero) is 1. The molecule has 0 amide bonds. The third kappa shape index (κ3) is 3.31. The first-order valence-corrected chi connectivity index (χ1v) is 10.6. The number of nitrogens with zero attached hydrogens (tertiary/aromatic N) is 2. The summed E-state index contributed by atoms with van der Waals surface area (Å²) in [5, 5.41) is 0.646. The van der Waals surface area contributed by atoms with Crippen LogP contribution in [0.1, 0.15) is 62.3 Å². The second kappa shape index (κ2) is 7.59. The summed E-state index contributed by atoms with van der Waals surface area (Å²) in [5.74, 6) is -0.854. The average molecular weight is 413 g/mol. The molecule has 0 saturated carbocycles. The average Bonchev–Trinajstić information content (AvgIpc) is 3.21. The van der Waals surface area contributed by atoms with Crippen LogP contribution in [0.25, 0.3) is 10.2 Å². The van der Waals surface area contributed by atoms with Crippen LogP contribution in [0, 0.1) is 13.8 Å². The van der Waals surface area contributed by atoms with Crippen molar-refractivity contribution in [2.24, 2.45) is 0 Å². The van der Waals surface area contributed by atoms with E-state index in [1.807, 2.05) is 0 Å². The topological polar surface area (TPSA) is 94.1 Å². The number of thiophene rings is 1. The molecule has 1 aliphatic carbocycles. The number of aromatic amines is 1. The van der Waals surface area contributed by atoms with E-state index in [2.05, 4.69) is 9.97 Å². The summed E-state index contributed by atoms with van der Waals surface area (Å²) in [6, 6.07) is 0. The second-order valence-corrected chi connectivity index (χ2v) is 8.42. The van der Waals surface area contributed by atoms with E-state index in [-0.39, 0.29) is 35.6 Å². The van der Waals surface area contributed by atoms with Gasteiger partial charge in [0.05, 0.1) is 36.0 Å². The van der Waals surface area contributed by atoms with Gasteiger partial charge in [-0.05, 0) is 52.0 Å². The van der Waals surface area contributed by atoms with E-state index in [0.29, 0.717) is 16.8 Å². The molecule has 7 nitrogen and oxygen atoms in total. The number of hydrogen-bond acceptors (Lipinski definition) is 6. The molecule has 0 spiro atoms. The number of ketones is 1. The fourth-order valence-electron chi connectivity index (χ4n) is 4.12. The molecule has 0 fully saturated rings. The molecule has 0 radical (unpaired) electrons. The number of carbonyl (C=O) groups excluding carboxylic acids is 2. The van der Waals surface area contributed by atoms with E-state index in [1.54, 1.807) is 32.1 Å². The molecule has 1 N–H and O–H groups in total. The summed E-state index contributed by atoms with van der Waals surface area (Å²) in [7, 11) is 0. The van der Waals surface area contributed by atoms with Gasteiger partial charge in [-0.2, -0.15) is 0 Å². The Kier molecular flexibility index (Phi) is 5.12. The van der Waals surface area contributed by atoms with Crippen molar-refractivity contribution < 1.29 is 14.3 Å². The summed E-state index contributed by atoms with van der Waals surface area (Å²) >= 11 is 1.58. The van der Waals surface area contributed by atoms with Crippen molar-refractivity contribution in [3.8, 4) is 0 Å². The Morgan fingerprint density at radius 3 is 2.69 bits per heavy atom. The summed E-state index contributed by atoms with van der Waals surface area (Å²) in [5.41, 5.74) is 2.59. The van der Waals surface area contributed by atoms with Crippen molar-refractivity contribution in [3.05, 3.63) is 49.6 Å². The van der Waals surface area contributed by atoms with E-state index < -0.39 is 5.97 Å². The Morgan fingerprint density at radius 2 is 1.93 bits per heavy atom. The van der Waals surface area contributed by atoms with E-state index in [4.69, 9.17) is 4.74 Å². The fraction of sp³-hybridized carbons (Fsp3) is 0.429. The lowest BCUT2D eigenvalue weighted by molar-refractivity contribution is 0.0522. The van der Waals surface area contributed by atoms with E-state index >= 15 is 0 Å². The van der Waals surface area contributed by atoms with Crippen molar-refractivity contribution in [2.75, 3.05) is 6.61 Å². The van der Waals surface area contributed by atoms with Crippen molar-refractivity contribution in [1.29, 1.82) is 0 Å². The molecule has 3 aromatic rings. The highest BCUT2D eigenvalue weighted by Gasteiger charge is 2.26. The first-order valence-electron chi connectivity index (χ1n) is 9.81.